The Balaban J connectivity index is 0.00000180. The number of nitrogens with two attached hydrogens (primary N) is 1. The van der Waals surface area contributed by atoms with E-state index in [9.17, 15) is 0 Å². The molecule has 2 aromatic heterocycles. The summed E-state index contributed by atoms with van der Waals surface area (Å²) in [6.07, 6.45) is 2.00. The summed E-state index contributed by atoms with van der Waals surface area (Å²) in [5, 5.41) is 3.05. The molecule has 104 valence electrons. The molecule has 0 aromatic carbocycles. The van der Waals surface area contributed by atoms with E-state index in [0.29, 0.717) is 12.5 Å². The summed E-state index contributed by atoms with van der Waals surface area (Å²) in [5.41, 5.74) is 8.76. The highest BCUT2D eigenvalue weighted by molar-refractivity contribution is 14.0. The quantitative estimate of drug-likeness (QED) is 0.492. The topological polar surface area (TPSA) is 67.7 Å². The number of fused-ring (bicyclic) bond motifs is 1. The number of imidazole rings is 1. The van der Waals surface area contributed by atoms with Gasteiger partial charge in [-0.05, 0) is 32.9 Å². The zero-order valence-electron chi connectivity index (χ0n) is 11.4. The molecule has 5 nitrogen and oxygen atoms in total. The number of hydrogen-bond donors (Lipinski definition) is 2. The second-order valence-corrected chi connectivity index (χ2v) is 4.63. The Kier molecular flexibility index (Phi) is 5.59. The summed E-state index contributed by atoms with van der Waals surface area (Å²) < 4.78 is 2.05. The van der Waals surface area contributed by atoms with E-state index < -0.39 is 0 Å². The van der Waals surface area contributed by atoms with Crippen LogP contribution in [0.2, 0.25) is 0 Å². The molecule has 3 N–H and O–H groups in total. The van der Waals surface area contributed by atoms with E-state index in [1.165, 1.54) is 0 Å². The molecule has 0 aliphatic heterocycles. The first-order valence-electron chi connectivity index (χ1n) is 6.06. The van der Waals surface area contributed by atoms with Crippen molar-refractivity contribution >= 4 is 35.6 Å². The van der Waals surface area contributed by atoms with Crippen LogP contribution in [0.5, 0.6) is 0 Å². The number of nitrogens with zero attached hydrogens (tertiary/aromatic N) is 3. The van der Waals surface area contributed by atoms with Gasteiger partial charge in [0.1, 0.15) is 5.65 Å². The average molecular weight is 373 g/mol. The molecule has 6 heteroatoms. The molecule has 0 fully saturated rings. The molecule has 0 amide bonds. The lowest BCUT2D eigenvalue weighted by molar-refractivity contribution is 0.723. The molecular weight excluding hydrogens is 353 g/mol. The number of halogens is 1. The predicted molar refractivity (Wildman–Crippen MR) is 88.9 cm³/mol. The number of guanidine groups is 1. The minimum absolute atomic E-state index is 0. The summed E-state index contributed by atoms with van der Waals surface area (Å²) in [5.74, 6) is 0.457. The fourth-order valence-corrected chi connectivity index (χ4v) is 1.78. The fraction of sp³-hybridized carbons (Fsp3) is 0.385. The molecule has 2 heterocycles. The molecule has 0 aliphatic rings. The van der Waals surface area contributed by atoms with E-state index in [1.807, 2.05) is 32.2 Å². The monoisotopic (exact) mass is 373 g/mol. The lowest BCUT2D eigenvalue weighted by atomic mass is 10.4. The van der Waals surface area contributed by atoms with Crippen molar-refractivity contribution in [2.75, 3.05) is 0 Å². The first-order chi connectivity index (χ1) is 8.56. The number of aryl methyl sites for hydroxylation is 1. The van der Waals surface area contributed by atoms with Crippen LogP contribution in [0.15, 0.2) is 29.4 Å². The first kappa shape index (κ1) is 15.7. The summed E-state index contributed by atoms with van der Waals surface area (Å²) in [6, 6.07) is 6.32. The SMILES string of the molecule is Cc1cccc2nc(CN=C(N)NC(C)C)cn12.I. The van der Waals surface area contributed by atoms with Crippen LogP contribution in [0, 0.1) is 6.92 Å². The molecule has 0 spiro atoms. The lowest BCUT2D eigenvalue weighted by Crippen LogP contribution is -2.36. The van der Waals surface area contributed by atoms with Crippen molar-refractivity contribution in [1.82, 2.24) is 14.7 Å². The molecule has 2 rings (SSSR count). The maximum absolute atomic E-state index is 5.75. The van der Waals surface area contributed by atoms with Crippen molar-refractivity contribution in [2.24, 2.45) is 10.7 Å². The third-order valence-corrected chi connectivity index (χ3v) is 2.59. The number of hydrogen-bond acceptors (Lipinski definition) is 2. The molecule has 0 atom stereocenters. The third kappa shape index (κ3) is 4.09. The Hall–Kier alpha value is -1.31. The van der Waals surface area contributed by atoms with Gasteiger partial charge in [-0.25, -0.2) is 9.98 Å². The highest BCUT2D eigenvalue weighted by Gasteiger charge is 2.02. The Morgan fingerprint density at radius 2 is 2.21 bits per heavy atom. The van der Waals surface area contributed by atoms with Crippen molar-refractivity contribution in [3.63, 3.8) is 0 Å². The molecule has 2 aromatic rings. The van der Waals surface area contributed by atoms with Crippen LogP contribution in [0.4, 0.5) is 0 Å². The van der Waals surface area contributed by atoms with Gasteiger partial charge < -0.3 is 15.5 Å². The minimum atomic E-state index is 0. The lowest BCUT2D eigenvalue weighted by Gasteiger charge is -2.07. The van der Waals surface area contributed by atoms with Crippen molar-refractivity contribution in [3.8, 4) is 0 Å². The smallest absolute Gasteiger partial charge is 0.189 e. The molecule has 0 saturated heterocycles. The first-order valence-corrected chi connectivity index (χ1v) is 6.06. The maximum atomic E-state index is 5.75. The second kappa shape index (κ2) is 6.74. The van der Waals surface area contributed by atoms with Crippen molar-refractivity contribution in [1.29, 1.82) is 0 Å². The van der Waals surface area contributed by atoms with Crippen molar-refractivity contribution < 1.29 is 0 Å². The van der Waals surface area contributed by atoms with E-state index in [4.69, 9.17) is 5.73 Å². The Bertz CT molecular complexity index is 573. The third-order valence-electron chi connectivity index (χ3n) is 2.59. The highest BCUT2D eigenvalue weighted by atomic mass is 127. The van der Waals surface area contributed by atoms with Gasteiger partial charge in [0, 0.05) is 17.9 Å². The van der Waals surface area contributed by atoms with Gasteiger partial charge >= 0.3 is 0 Å². The van der Waals surface area contributed by atoms with Gasteiger partial charge in [0.15, 0.2) is 5.96 Å². The number of aromatic nitrogens is 2. The van der Waals surface area contributed by atoms with E-state index in [2.05, 4.69) is 32.7 Å². The highest BCUT2D eigenvalue weighted by Crippen LogP contribution is 2.08. The predicted octanol–water partition coefficient (Wildman–Crippen LogP) is 2.07. The van der Waals surface area contributed by atoms with E-state index in [1.54, 1.807) is 0 Å². The van der Waals surface area contributed by atoms with Gasteiger partial charge in [-0.2, -0.15) is 0 Å². The van der Waals surface area contributed by atoms with Crippen LogP contribution in [-0.2, 0) is 6.54 Å². The van der Waals surface area contributed by atoms with Crippen LogP contribution in [0.25, 0.3) is 5.65 Å². The Morgan fingerprint density at radius 1 is 1.47 bits per heavy atom. The van der Waals surface area contributed by atoms with Crippen molar-refractivity contribution in [3.05, 3.63) is 35.8 Å². The van der Waals surface area contributed by atoms with Crippen molar-refractivity contribution in [2.45, 2.75) is 33.4 Å². The van der Waals surface area contributed by atoms with Crippen LogP contribution in [-0.4, -0.2) is 21.4 Å². The van der Waals surface area contributed by atoms with Gasteiger partial charge in [-0.3, -0.25) is 0 Å². The van der Waals surface area contributed by atoms with Gasteiger partial charge in [0.25, 0.3) is 0 Å². The van der Waals surface area contributed by atoms with Gasteiger partial charge in [0.2, 0.25) is 0 Å². The van der Waals surface area contributed by atoms with Crippen LogP contribution in [0.1, 0.15) is 25.2 Å². The second-order valence-electron chi connectivity index (χ2n) is 4.63. The van der Waals surface area contributed by atoms with Crippen LogP contribution >= 0.6 is 24.0 Å². The number of pyridine rings is 1. The van der Waals surface area contributed by atoms with Gasteiger partial charge in [-0.1, -0.05) is 6.07 Å². The molecule has 19 heavy (non-hydrogen) atoms. The number of rotatable bonds is 3. The zero-order chi connectivity index (χ0) is 13.1. The summed E-state index contributed by atoms with van der Waals surface area (Å²) in [7, 11) is 0. The molecule has 0 bridgehead atoms. The fourth-order valence-electron chi connectivity index (χ4n) is 1.78. The maximum Gasteiger partial charge on any atom is 0.189 e. The molecule has 0 saturated carbocycles. The summed E-state index contributed by atoms with van der Waals surface area (Å²) in [4.78, 5) is 8.76. The molecule has 0 aliphatic carbocycles. The van der Waals surface area contributed by atoms with E-state index in [0.717, 1.165) is 17.0 Å². The number of aliphatic imine (C=N–C) groups is 1. The summed E-state index contributed by atoms with van der Waals surface area (Å²) in [6.45, 7) is 6.59. The molecule has 0 unspecified atom stereocenters. The van der Waals surface area contributed by atoms with Gasteiger partial charge in [0.05, 0.1) is 12.2 Å². The Morgan fingerprint density at radius 3 is 2.84 bits per heavy atom. The van der Waals surface area contributed by atoms with E-state index >= 15 is 0 Å². The normalized spacial score (nSPS) is 11.7. The zero-order valence-corrected chi connectivity index (χ0v) is 13.8. The van der Waals surface area contributed by atoms with E-state index in [-0.39, 0.29) is 30.0 Å². The standard InChI is InChI=1S/C13H19N5.HI/c1-9(2)16-13(14)15-7-11-8-18-10(3)5-4-6-12(18)17-11;/h4-6,8-9H,7H2,1-3H3,(H3,14,15,16);1H. The van der Waals surface area contributed by atoms with Crippen LogP contribution in [0.3, 0.4) is 0 Å². The largest absolute Gasteiger partial charge is 0.370 e. The minimum Gasteiger partial charge on any atom is -0.370 e. The average Bonchev–Trinajstić information content (AvgIpc) is 2.70. The van der Waals surface area contributed by atoms with Gasteiger partial charge in [-0.15, -0.1) is 24.0 Å². The Labute approximate surface area is 130 Å². The molecule has 0 radical (unpaired) electrons. The van der Waals surface area contributed by atoms with Crippen LogP contribution < -0.4 is 11.1 Å². The summed E-state index contributed by atoms with van der Waals surface area (Å²) >= 11 is 0. The number of nitrogens with one attached hydrogen (secondary N) is 1. The molecular formula is C13H20IN5.